The van der Waals surface area contributed by atoms with Gasteiger partial charge in [0.25, 0.3) is 11.8 Å². The zero-order valence-corrected chi connectivity index (χ0v) is 32.1. The molecule has 0 N–H and O–H groups in total. The molecule has 286 valence electrons. The Hall–Kier alpha value is -5.46. The van der Waals surface area contributed by atoms with Gasteiger partial charge in [0.2, 0.25) is 11.5 Å². The number of nitrogens with zero attached hydrogens (tertiary/aromatic N) is 4. The molecule has 0 aliphatic carbocycles. The topological polar surface area (TPSA) is 102 Å². The Bertz CT molecular complexity index is 1710. The van der Waals surface area contributed by atoms with Gasteiger partial charge in [-0.05, 0) is 70.8 Å². The van der Waals surface area contributed by atoms with Crippen LogP contribution in [-0.4, -0.2) is 140 Å². The van der Waals surface area contributed by atoms with Gasteiger partial charge in [-0.1, -0.05) is 24.3 Å². The van der Waals surface area contributed by atoms with Gasteiger partial charge in [0.05, 0.1) is 42.7 Å². The molecule has 0 spiro atoms. The Morgan fingerprint density at radius 1 is 0.426 bits per heavy atom. The SMILES string of the molecule is COc1cc(-c2ccc(C(=O)N3CCN(CCN4CCN(C(=O)c5ccc(-c6cc(OC)c(OC)c(OC)c6)cc5)CC4)CC3)cc2)cc(OC)c1OC. The summed E-state index contributed by atoms with van der Waals surface area (Å²) >= 11 is 0. The molecule has 2 saturated heterocycles. The minimum atomic E-state index is 0.0442. The summed E-state index contributed by atoms with van der Waals surface area (Å²) < 4.78 is 32.9. The minimum Gasteiger partial charge on any atom is -0.493 e. The molecule has 12 heteroatoms. The zero-order valence-electron chi connectivity index (χ0n) is 32.1. The maximum Gasteiger partial charge on any atom is 0.253 e. The molecule has 0 unspecified atom stereocenters. The third-order valence-corrected chi connectivity index (χ3v) is 10.3. The van der Waals surface area contributed by atoms with Crippen LogP contribution < -0.4 is 28.4 Å². The highest BCUT2D eigenvalue weighted by molar-refractivity contribution is 5.95. The number of benzene rings is 4. The average molecular weight is 739 g/mol. The van der Waals surface area contributed by atoms with E-state index in [0.29, 0.717) is 71.8 Å². The first-order valence-corrected chi connectivity index (χ1v) is 18.1. The van der Waals surface area contributed by atoms with Gasteiger partial charge in [0.1, 0.15) is 0 Å². The molecule has 2 fully saturated rings. The van der Waals surface area contributed by atoms with Crippen LogP contribution in [-0.2, 0) is 0 Å². The Balaban J connectivity index is 0.945. The van der Waals surface area contributed by atoms with E-state index in [1.807, 2.05) is 82.6 Å². The van der Waals surface area contributed by atoms with E-state index in [1.165, 1.54) is 0 Å². The van der Waals surface area contributed by atoms with Crippen molar-refractivity contribution in [3.8, 4) is 56.8 Å². The predicted octanol–water partition coefficient (Wildman–Crippen LogP) is 5.29. The number of hydrogen-bond donors (Lipinski definition) is 0. The van der Waals surface area contributed by atoms with Crippen LogP contribution in [0.15, 0.2) is 72.8 Å². The minimum absolute atomic E-state index is 0.0442. The summed E-state index contributed by atoms with van der Waals surface area (Å²) in [5, 5.41) is 0. The van der Waals surface area contributed by atoms with Gasteiger partial charge in [-0.15, -0.1) is 0 Å². The summed E-state index contributed by atoms with van der Waals surface area (Å²) in [4.78, 5) is 35.5. The van der Waals surface area contributed by atoms with E-state index in [0.717, 1.165) is 61.5 Å². The monoisotopic (exact) mass is 738 g/mol. The molecule has 0 saturated carbocycles. The van der Waals surface area contributed by atoms with Crippen LogP contribution in [0.3, 0.4) is 0 Å². The normalized spacial score (nSPS) is 15.1. The van der Waals surface area contributed by atoms with Crippen molar-refractivity contribution in [3.63, 3.8) is 0 Å². The van der Waals surface area contributed by atoms with Gasteiger partial charge in [-0.2, -0.15) is 0 Å². The van der Waals surface area contributed by atoms with Crippen LogP contribution in [0.5, 0.6) is 34.5 Å². The van der Waals surface area contributed by atoms with Gasteiger partial charge >= 0.3 is 0 Å². The quantitative estimate of drug-likeness (QED) is 0.180. The first-order valence-electron chi connectivity index (χ1n) is 18.1. The number of carbonyl (C=O) groups excluding carboxylic acids is 2. The van der Waals surface area contributed by atoms with Gasteiger partial charge in [-0.25, -0.2) is 0 Å². The molecule has 4 aromatic rings. The highest BCUT2D eigenvalue weighted by atomic mass is 16.5. The number of hydrogen-bond acceptors (Lipinski definition) is 10. The number of carbonyl (C=O) groups is 2. The Morgan fingerprint density at radius 2 is 0.722 bits per heavy atom. The molecule has 54 heavy (non-hydrogen) atoms. The number of rotatable bonds is 13. The van der Waals surface area contributed by atoms with Crippen molar-refractivity contribution in [2.45, 2.75) is 0 Å². The van der Waals surface area contributed by atoms with Crippen molar-refractivity contribution < 1.29 is 38.0 Å². The van der Waals surface area contributed by atoms with E-state index >= 15 is 0 Å². The van der Waals surface area contributed by atoms with E-state index in [1.54, 1.807) is 42.7 Å². The van der Waals surface area contributed by atoms with Gasteiger partial charge in [-0.3, -0.25) is 19.4 Å². The Kier molecular flexibility index (Phi) is 12.5. The molecular formula is C42H50N4O8. The number of piperazine rings is 2. The lowest BCUT2D eigenvalue weighted by Gasteiger charge is -2.38. The summed E-state index contributed by atoms with van der Waals surface area (Å²) in [6, 6.07) is 22.9. The average Bonchev–Trinajstić information content (AvgIpc) is 3.24. The fourth-order valence-electron chi connectivity index (χ4n) is 7.10. The van der Waals surface area contributed by atoms with Crippen LogP contribution in [0.25, 0.3) is 22.3 Å². The van der Waals surface area contributed by atoms with Crippen molar-refractivity contribution in [1.82, 2.24) is 19.6 Å². The second kappa shape index (κ2) is 17.6. The van der Waals surface area contributed by atoms with Crippen molar-refractivity contribution >= 4 is 11.8 Å². The molecule has 0 radical (unpaired) electrons. The van der Waals surface area contributed by atoms with Crippen LogP contribution in [0.2, 0.25) is 0 Å². The van der Waals surface area contributed by atoms with Gasteiger partial charge < -0.3 is 38.2 Å². The molecule has 0 bridgehead atoms. The van der Waals surface area contributed by atoms with E-state index in [2.05, 4.69) is 9.80 Å². The fourth-order valence-corrected chi connectivity index (χ4v) is 7.10. The van der Waals surface area contributed by atoms with Gasteiger partial charge in [0, 0.05) is 76.6 Å². The number of ether oxygens (including phenoxy) is 6. The Morgan fingerprint density at radius 3 is 0.981 bits per heavy atom. The van der Waals surface area contributed by atoms with Crippen LogP contribution in [0.1, 0.15) is 20.7 Å². The molecule has 0 atom stereocenters. The molecule has 2 aliphatic rings. The maximum atomic E-state index is 13.4. The predicted molar refractivity (Wildman–Crippen MR) is 208 cm³/mol. The molecule has 2 heterocycles. The summed E-state index contributed by atoms with van der Waals surface area (Å²) in [7, 11) is 9.54. The third-order valence-electron chi connectivity index (χ3n) is 10.3. The van der Waals surface area contributed by atoms with Gasteiger partial charge in [0.15, 0.2) is 23.0 Å². The largest absolute Gasteiger partial charge is 0.493 e. The van der Waals surface area contributed by atoms with Crippen molar-refractivity contribution in [2.75, 3.05) is 108 Å². The lowest BCUT2D eigenvalue weighted by molar-refractivity contribution is 0.0555. The first kappa shape index (κ1) is 38.3. The lowest BCUT2D eigenvalue weighted by Crippen LogP contribution is -2.53. The number of amides is 2. The van der Waals surface area contributed by atoms with E-state index in [-0.39, 0.29) is 11.8 Å². The van der Waals surface area contributed by atoms with E-state index in [4.69, 9.17) is 28.4 Å². The maximum absolute atomic E-state index is 13.4. The second-order valence-electron chi connectivity index (χ2n) is 13.3. The number of methoxy groups -OCH3 is 6. The highest BCUT2D eigenvalue weighted by Crippen LogP contribution is 2.42. The van der Waals surface area contributed by atoms with E-state index < -0.39 is 0 Å². The zero-order chi connectivity index (χ0) is 38.2. The van der Waals surface area contributed by atoms with Crippen molar-refractivity contribution in [2.24, 2.45) is 0 Å². The Labute approximate surface area is 317 Å². The van der Waals surface area contributed by atoms with Crippen molar-refractivity contribution in [3.05, 3.63) is 83.9 Å². The smallest absolute Gasteiger partial charge is 0.253 e. The van der Waals surface area contributed by atoms with E-state index in [9.17, 15) is 9.59 Å². The highest BCUT2D eigenvalue weighted by Gasteiger charge is 2.26. The molecule has 6 rings (SSSR count). The third kappa shape index (κ3) is 8.35. The van der Waals surface area contributed by atoms with Crippen LogP contribution in [0.4, 0.5) is 0 Å². The summed E-state index contributed by atoms with van der Waals surface area (Å²) in [6.07, 6.45) is 0. The molecule has 2 amide bonds. The summed E-state index contributed by atoms with van der Waals surface area (Å²) in [5.41, 5.74) is 5.05. The molecule has 12 nitrogen and oxygen atoms in total. The first-order chi connectivity index (χ1) is 26.3. The van der Waals surface area contributed by atoms with Crippen LogP contribution in [0, 0.1) is 0 Å². The fraction of sp³-hybridized carbons (Fsp3) is 0.381. The van der Waals surface area contributed by atoms with Crippen molar-refractivity contribution in [1.29, 1.82) is 0 Å². The molecule has 2 aliphatic heterocycles. The molecule has 0 aromatic heterocycles. The summed E-state index contributed by atoms with van der Waals surface area (Å²) in [5.74, 6) is 3.49. The van der Waals surface area contributed by atoms with Crippen LogP contribution >= 0.6 is 0 Å². The second-order valence-corrected chi connectivity index (χ2v) is 13.3. The molecular weight excluding hydrogens is 688 g/mol. The standard InChI is InChI=1S/C42H50N4O8/c1-49-35-25-33(26-36(50-2)39(35)53-5)29-7-11-31(12-8-29)41(47)45-21-17-43(18-22-45)15-16-44-19-23-46(24-20-44)42(48)32-13-9-30(10-14-32)34-27-37(51-3)40(54-6)38(28-34)52-4/h7-14,25-28H,15-24H2,1-6H3. The molecule has 4 aromatic carbocycles. The lowest BCUT2D eigenvalue weighted by atomic mass is 10.0. The summed E-state index contributed by atoms with van der Waals surface area (Å²) in [6.45, 7) is 7.95.